The van der Waals surface area contributed by atoms with Crippen molar-refractivity contribution in [2.45, 2.75) is 25.4 Å². The zero-order valence-corrected chi connectivity index (χ0v) is 11.5. The molecule has 2 aromatic rings. The summed E-state index contributed by atoms with van der Waals surface area (Å²) in [5.41, 5.74) is 1.92. The molecular formula is C16H16N2S. The van der Waals surface area contributed by atoms with Gasteiger partial charge in [-0.2, -0.15) is 5.26 Å². The first kappa shape index (κ1) is 12.4. The lowest BCUT2D eigenvalue weighted by atomic mass is 10.1. The fourth-order valence-electron chi connectivity index (χ4n) is 2.38. The summed E-state index contributed by atoms with van der Waals surface area (Å²) in [6.07, 6.45) is 2.65. The van der Waals surface area contributed by atoms with Crippen molar-refractivity contribution in [3.63, 3.8) is 0 Å². The highest BCUT2D eigenvalue weighted by Crippen LogP contribution is 2.42. The normalized spacial score (nSPS) is 15.9. The van der Waals surface area contributed by atoms with E-state index >= 15 is 0 Å². The molecule has 0 aliphatic heterocycles. The monoisotopic (exact) mass is 268 g/mol. The molecule has 3 heteroatoms. The van der Waals surface area contributed by atoms with Crippen LogP contribution in [0.2, 0.25) is 0 Å². The highest BCUT2D eigenvalue weighted by molar-refractivity contribution is 7.10. The van der Waals surface area contributed by atoms with Gasteiger partial charge in [0.15, 0.2) is 0 Å². The van der Waals surface area contributed by atoms with Crippen molar-refractivity contribution >= 4 is 11.3 Å². The Balaban J connectivity index is 1.68. The van der Waals surface area contributed by atoms with Crippen LogP contribution in [0.1, 0.15) is 34.9 Å². The van der Waals surface area contributed by atoms with Gasteiger partial charge in [0.05, 0.1) is 11.6 Å². The Morgan fingerprint density at radius 2 is 2.21 bits per heavy atom. The van der Waals surface area contributed by atoms with Crippen LogP contribution in [0.5, 0.6) is 0 Å². The summed E-state index contributed by atoms with van der Waals surface area (Å²) in [5.74, 6) is 0.790. The standard InChI is InChI=1S/C16H16N2S/c17-10-12-3-1-4-13(9-12)11-18-16(14-6-7-14)15-5-2-8-19-15/h1-5,8-9,14,16,18H,6-7,11H2. The van der Waals surface area contributed by atoms with E-state index in [9.17, 15) is 0 Å². The van der Waals surface area contributed by atoms with Gasteiger partial charge in [0.1, 0.15) is 0 Å². The first-order valence-corrected chi connectivity index (χ1v) is 7.50. The van der Waals surface area contributed by atoms with E-state index in [-0.39, 0.29) is 0 Å². The fourth-order valence-corrected chi connectivity index (χ4v) is 3.27. The van der Waals surface area contributed by atoms with Gasteiger partial charge >= 0.3 is 0 Å². The molecule has 96 valence electrons. The second kappa shape index (κ2) is 5.56. The topological polar surface area (TPSA) is 35.8 Å². The van der Waals surface area contributed by atoms with Crippen molar-refractivity contribution in [1.29, 1.82) is 5.26 Å². The van der Waals surface area contributed by atoms with Crippen LogP contribution >= 0.6 is 11.3 Å². The largest absolute Gasteiger partial charge is 0.305 e. The summed E-state index contributed by atoms with van der Waals surface area (Å²) in [7, 11) is 0. The number of hydrogen-bond acceptors (Lipinski definition) is 3. The highest BCUT2D eigenvalue weighted by atomic mass is 32.1. The SMILES string of the molecule is N#Cc1cccc(CNC(c2cccs2)C2CC2)c1. The van der Waals surface area contributed by atoms with Gasteiger partial charge < -0.3 is 5.32 Å². The van der Waals surface area contributed by atoms with E-state index in [1.807, 2.05) is 29.5 Å². The number of nitriles is 1. The van der Waals surface area contributed by atoms with Crippen molar-refractivity contribution in [3.05, 3.63) is 57.8 Å². The van der Waals surface area contributed by atoms with Gasteiger partial charge in [-0.25, -0.2) is 0 Å². The number of benzene rings is 1. The molecule has 0 saturated heterocycles. The maximum absolute atomic E-state index is 8.92. The Morgan fingerprint density at radius 3 is 2.89 bits per heavy atom. The third-order valence-electron chi connectivity index (χ3n) is 3.53. The van der Waals surface area contributed by atoms with Gasteiger partial charge in [-0.05, 0) is 47.9 Å². The molecule has 0 radical (unpaired) electrons. The molecule has 1 aromatic heterocycles. The van der Waals surface area contributed by atoms with E-state index in [1.165, 1.54) is 23.3 Å². The molecule has 1 aliphatic rings. The highest BCUT2D eigenvalue weighted by Gasteiger charge is 2.32. The zero-order valence-electron chi connectivity index (χ0n) is 10.7. The molecule has 0 spiro atoms. The predicted octanol–water partition coefficient (Wildman–Crippen LogP) is 3.86. The van der Waals surface area contributed by atoms with Crippen molar-refractivity contribution in [2.24, 2.45) is 5.92 Å². The van der Waals surface area contributed by atoms with E-state index in [2.05, 4.69) is 35.0 Å². The minimum absolute atomic E-state index is 0.478. The Kier molecular flexibility index (Phi) is 3.63. The Labute approximate surface area is 117 Å². The van der Waals surface area contributed by atoms with Crippen LogP contribution in [0.15, 0.2) is 41.8 Å². The van der Waals surface area contributed by atoms with Gasteiger partial charge in [0, 0.05) is 17.5 Å². The summed E-state index contributed by atoms with van der Waals surface area (Å²) in [4.78, 5) is 1.43. The van der Waals surface area contributed by atoms with Crippen LogP contribution in [-0.4, -0.2) is 0 Å². The van der Waals surface area contributed by atoms with Crippen LogP contribution in [0, 0.1) is 17.2 Å². The minimum Gasteiger partial charge on any atom is -0.305 e. The van der Waals surface area contributed by atoms with E-state index in [1.54, 1.807) is 0 Å². The quantitative estimate of drug-likeness (QED) is 0.893. The molecule has 1 unspecified atom stereocenters. The molecular weight excluding hydrogens is 252 g/mol. The molecule has 2 nitrogen and oxygen atoms in total. The average molecular weight is 268 g/mol. The van der Waals surface area contributed by atoms with E-state index in [4.69, 9.17) is 5.26 Å². The lowest BCUT2D eigenvalue weighted by molar-refractivity contribution is 0.487. The Hall–Kier alpha value is -1.63. The third kappa shape index (κ3) is 3.04. The van der Waals surface area contributed by atoms with Crippen LogP contribution < -0.4 is 5.32 Å². The second-order valence-electron chi connectivity index (χ2n) is 5.02. The number of nitrogens with zero attached hydrogens (tertiary/aromatic N) is 1. The molecule has 1 N–H and O–H groups in total. The molecule has 1 atom stereocenters. The van der Waals surface area contributed by atoms with Gasteiger partial charge in [-0.3, -0.25) is 0 Å². The van der Waals surface area contributed by atoms with Crippen molar-refractivity contribution < 1.29 is 0 Å². The van der Waals surface area contributed by atoms with E-state index < -0.39 is 0 Å². The van der Waals surface area contributed by atoms with Crippen molar-refractivity contribution in [1.82, 2.24) is 5.32 Å². The van der Waals surface area contributed by atoms with Gasteiger partial charge in [-0.1, -0.05) is 18.2 Å². The van der Waals surface area contributed by atoms with E-state index in [0.717, 1.165) is 18.0 Å². The minimum atomic E-state index is 0.478. The number of rotatable bonds is 5. The van der Waals surface area contributed by atoms with Gasteiger partial charge in [0.25, 0.3) is 0 Å². The maximum atomic E-state index is 8.92. The molecule has 3 rings (SSSR count). The number of thiophene rings is 1. The van der Waals surface area contributed by atoms with E-state index in [0.29, 0.717) is 6.04 Å². The molecule has 1 aliphatic carbocycles. The molecule has 1 saturated carbocycles. The van der Waals surface area contributed by atoms with Crippen molar-refractivity contribution in [3.8, 4) is 6.07 Å². The molecule has 1 aromatic carbocycles. The van der Waals surface area contributed by atoms with Crippen LogP contribution in [0.3, 0.4) is 0 Å². The summed E-state index contributed by atoms with van der Waals surface area (Å²) in [5, 5.41) is 14.7. The molecule has 0 bridgehead atoms. The van der Waals surface area contributed by atoms with Gasteiger partial charge in [0.2, 0.25) is 0 Å². The average Bonchev–Trinajstić information content (AvgIpc) is 3.14. The first-order valence-electron chi connectivity index (χ1n) is 6.62. The first-order chi connectivity index (χ1) is 9.36. The van der Waals surface area contributed by atoms with Crippen LogP contribution in [0.25, 0.3) is 0 Å². The number of hydrogen-bond donors (Lipinski definition) is 1. The summed E-state index contributed by atoms with van der Waals surface area (Å²) in [6, 6.07) is 14.8. The van der Waals surface area contributed by atoms with Crippen LogP contribution in [0.4, 0.5) is 0 Å². The second-order valence-corrected chi connectivity index (χ2v) is 6.00. The smallest absolute Gasteiger partial charge is 0.0991 e. The molecule has 19 heavy (non-hydrogen) atoms. The molecule has 1 fully saturated rings. The molecule has 0 amide bonds. The fraction of sp³-hybridized carbons (Fsp3) is 0.312. The maximum Gasteiger partial charge on any atom is 0.0991 e. The van der Waals surface area contributed by atoms with Crippen LogP contribution in [-0.2, 0) is 6.54 Å². The summed E-state index contributed by atoms with van der Waals surface area (Å²) >= 11 is 1.83. The van der Waals surface area contributed by atoms with Gasteiger partial charge in [-0.15, -0.1) is 11.3 Å². The number of nitrogens with one attached hydrogen (secondary N) is 1. The summed E-state index contributed by atoms with van der Waals surface area (Å²) in [6.45, 7) is 0.828. The Morgan fingerprint density at radius 1 is 1.32 bits per heavy atom. The third-order valence-corrected chi connectivity index (χ3v) is 4.48. The summed E-state index contributed by atoms with van der Waals surface area (Å²) < 4.78 is 0. The Bertz CT molecular complexity index is 579. The lowest BCUT2D eigenvalue weighted by Gasteiger charge is -2.17. The predicted molar refractivity (Wildman–Crippen MR) is 77.8 cm³/mol. The molecule has 1 heterocycles. The lowest BCUT2D eigenvalue weighted by Crippen LogP contribution is -2.21. The zero-order chi connectivity index (χ0) is 13.1. The van der Waals surface area contributed by atoms with Crippen molar-refractivity contribution in [2.75, 3.05) is 0 Å².